The van der Waals surface area contributed by atoms with Crippen molar-refractivity contribution in [2.24, 2.45) is 0 Å². The Labute approximate surface area is 217 Å². The van der Waals surface area contributed by atoms with E-state index in [4.69, 9.17) is 11.6 Å². The summed E-state index contributed by atoms with van der Waals surface area (Å²) in [5.41, 5.74) is 2.45. The zero-order chi connectivity index (χ0) is 25.7. The average molecular weight is 506 g/mol. The molecule has 0 aromatic heterocycles. The van der Waals surface area contributed by atoms with E-state index in [1.165, 1.54) is 0 Å². The van der Waals surface area contributed by atoms with Crippen LogP contribution in [0, 0.1) is 0 Å². The van der Waals surface area contributed by atoms with Gasteiger partial charge >= 0.3 is 0 Å². The van der Waals surface area contributed by atoms with Gasteiger partial charge in [-0.15, -0.1) is 0 Å². The number of carbonyl (C=O) groups excluding carboxylic acids is 3. The maximum atomic E-state index is 13.4. The van der Waals surface area contributed by atoms with Gasteiger partial charge < -0.3 is 15.1 Å². The topological polar surface area (TPSA) is 69.7 Å². The fourth-order valence-electron chi connectivity index (χ4n) is 4.68. The van der Waals surface area contributed by atoms with Gasteiger partial charge in [0.1, 0.15) is 6.04 Å². The SMILES string of the molecule is CCCCNC(=O)[C@@H](C)N(Cc1cccc(Cl)c1)C(=O)CCCN1C(=O)c2cccc3cccc1c23. The summed E-state index contributed by atoms with van der Waals surface area (Å²) in [5, 5.41) is 5.52. The summed E-state index contributed by atoms with van der Waals surface area (Å²) in [7, 11) is 0. The highest BCUT2D eigenvalue weighted by atomic mass is 35.5. The molecule has 1 heterocycles. The first kappa shape index (κ1) is 25.7. The molecule has 1 aliphatic heterocycles. The van der Waals surface area contributed by atoms with E-state index in [-0.39, 0.29) is 30.7 Å². The molecule has 0 radical (unpaired) electrons. The Bertz CT molecular complexity index is 1270. The molecule has 3 amide bonds. The van der Waals surface area contributed by atoms with Gasteiger partial charge in [0.2, 0.25) is 11.8 Å². The van der Waals surface area contributed by atoms with Crippen molar-refractivity contribution >= 4 is 45.8 Å². The molecule has 3 aromatic carbocycles. The largest absolute Gasteiger partial charge is 0.354 e. The molecule has 0 spiro atoms. The van der Waals surface area contributed by atoms with Crippen molar-refractivity contribution in [3.63, 3.8) is 0 Å². The van der Waals surface area contributed by atoms with Crippen molar-refractivity contribution in [2.75, 3.05) is 18.0 Å². The van der Waals surface area contributed by atoms with Crippen LogP contribution in [0.3, 0.4) is 0 Å². The monoisotopic (exact) mass is 505 g/mol. The predicted octanol–water partition coefficient (Wildman–Crippen LogP) is 5.57. The molecule has 4 rings (SSSR count). The van der Waals surface area contributed by atoms with Crippen LogP contribution in [0.5, 0.6) is 0 Å². The first-order valence-electron chi connectivity index (χ1n) is 12.6. The number of unbranched alkanes of at least 4 members (excludes halogenated alkanes) is 1. The van der Waals surface area contributed by atoms with E-state index in [9.17, 15) is 14.4 Å². The number of carbonyl (C=O) groups is 3. The van der Waals surface area contributed by atoms with Crippen LogP contribution in [-0.2, 0) is 16.1 Å². The molecule has 188 valence electrons. The number of benzene rings is 3. The van der Waals surface area contributed by atoms with E-state index in [1.807, 2.05) is 54.6 Å². The highest BCUT2D eigenvalue weighted by Gasteiger charge is 2.30. The maximum Gasteiger partial charge on any atom is 0.258 e. The molecule has 6 nitrogen and oxygen atoms in total. The van der Waals surface area contributed by atoms with E-state index in [0.29, 0.717) is 30.1 Å². The Kier molecular flexibility index (Phi) is 8.26. The Morgan fingerprint density at radius 1 is 1.06 bits per heavy atom. The number of hydrogen-bond acceptors (Lipinski definition) is 3. The lowest BCUT2D eigenvalue weighted by Crippen LogP contribution is -2.47. The molecule has 1 aliphatic rings. The van der Waals surface area contributed by atoms with Crippen molar-refractivity contribution in [1.29, 1.82) is 0 Å². The molecule has 0 saturated heterocycles. The molecule has 0 saturated carbocycles. The number of nitrogens with zero attached hydrogens (tertiary/aromatic N) is 2. The summed E-state index contributed by atoms with van der Waals surface area (Å²) >= 11 is 6.16. The van der Waals surface area contributed by atoms with Crippen LogP contribution in [0.15, 0.2) is 60.7 Å². The second kappa shape index (κ2) is 11.6. The third kappa shape index (κ3) is 5.54. The van der Waals surface area contributed by atoms with Crippen LogP contribution in [0.1, 0.15) is 55.5 Å². The molecule has 7 heteroatoms. The van der Waals surface area contributed by atoms with Gasteiger partial charge in [0.25, 0.3) is 5.91 Å². The molecular weight excluding hydrogens is 474 g/mol. The van der Waals surface area contributed by atoms with Crippen LogP contribution in [-0.4, -0.2) is 41.8 Å². The van der Waals surface area contributed by atoms with E-state index in [1.54, 1.807) is 22.8 Å². The minimum atomic E-state index is -0.625. The zero-order valence-electron chi connectivity index (χ0n) is 20.8. The van der Waals surface area contributed by atoms with Gasteiger partial charge in [0.05, 0.1) is 5.69 Å². The summed E-state index contributed by atoms with van der Waals surface area (Å²) in [6.45, 7) is 5.12. The van der Waals surface area contributed by atoms with Gasteiger partial charge in [0, 0.05) is 42.0 Å². The fraction of sp³-hybridized carbons (Fsp3) is 0.345. The number of anilines is 1. The van der Waals surface area contributed by atoms with Gasteiger partial charge in [0.15, 0.2) is 0 Å². The molecule has 3 aromatic rings. The molecule has 0 fully saturated rings. The molecule has 1 N–H and O–H groups in total. The van der Waals surface area contributed by atoms with Crippen molar-refractivity contribution in [2.45, 2.75) is 52.1 Å². The average Bonchev–Trinajstić information content (AvgIpc) is 3.15. The van der Waals surface area contributed by atoms with Gasteiger partial charge in [-0.05, 0) is 55.0 Å². The second-order valence-electron chi connectivity index (χ2n) is 9.21. The van der Waals surface area contributed by atoms with Crippen LogP contribution >= 0.6 is 11.6 Å². The van der Waals surface area contributed by atoms with Gasteiger partial charge in [-0.1, -0.05) is 61.3 Å². The van der Waals surface area contributed by atoms with Crippen LogP contribution < -0.4 is 10.2 Å². The quantitative estimate of drug-likeness (QED) is 0.346. The summed E-state index contributed by atoms with van der Waals surface area (Å²) < 4.78 is 0. The van der Waals surface area contributed by atoms with Gasteiger partial charge in [-0.25, -0.2) is 0 Å². The second-order valence-corrected chi connectivity index (χ2v) is 9.65. The lowest BCUT2D eigenvalue weighted by atomic mass is 10.1. The smallest absolute Gasteiger partial charge is 0.258 e. The predicted molar refractivity (Wildman–Crippen MR) is 144 cm³/mol. The summed E-state index contributed by atoms with van der Waals surface area (Å²) in [6, 6.07) is 18.4. The Balaban J connectivity index is 1.44. The number of rotatable bonds is 11. The van der Waals surface area contributed by atoms with E-state index in [2.05, 4.69) is 12.2 Å². The lowest BCUT2D eigenvalue weighted by molar-refractivity contribution is -0.140. The minimum absolute atomic E-state index is 0.0336. The lowest BCUT2D eigenvalue weighted by Gasteiger charge is -2.29. The zero-order valence-corrected chi connectivity index (χ0v) is 21.6. The van der Waals surface area contributed by atoms with Crippen molar-refractivity contribution in [1.82, 2.24) is 10.2 Å². The molecular formula is C29H32ClN3O3. The third-order valence-corrected chi connectivity index (χ3v) is 6.90. The number of halogens is 1. The first-order chi connectivity index (χ1) is 17.4. The molecule has 36 heavy (non-hydrogen) atoms. The van der Waals surface area contributed by atoms with Crippen molar-refractivity contribution in [3.8, 4) is 0 Å². The number of hydrogen-bond donors (Lipinski definition) is 1. The van der Waals surface area contributed by atoms with Gasteiger partial charge in [-0.2, -0.15) is 0 Å². The number of nitrogens with one attached hydrogen (secondary N) is 1. The van der Waals surface area contributed by atoms with Crippen molar-refractivity contribution in [3.05, 3.63) is 76.8 Å². The molecule has 0 unspecified atom stereocenters. The minimum Gasteiger partial charge on any atom is -0.354 e. The van der Waals surface area contributed by atoms with Crippen molar-refractivity contribution < 1.29 is 14.4 Å². The van der Waals surface area contributed by atoms with Crippen LogP contribution in [0.4, 0.5) is 5.69 Å². The third-order valence-electron chi connectivity index (χ3n) is 6.66. The van der Waals surface area contributed by atoms with Crippen LogP contribution in [0.2, 0.25) is 5.02 Å². The summed E-state index contributed by atoms with van der Waals surface area (Å²) in [5.74, 6) is -0.333. The van der Waals surface area contributed by atoms with Crippen LogP contribution in [0.25, 0.3) is 10.8 Å². The molecule has 0 aliphatic carbocycles. The van der Waals surface area contributed by atoms with E-state index in [0.717, 1.165) is 34.9 Å². The maximum absolute atomic E-state index is 13.4. The summed E-state index contributed by atoms with van der Waals surface area (Å²) in [4.78, 5) is 42.6. The Morgan fingerprint density at radius 3 is 2.56 bits per heavy atom. The van der Waals surface area contributed by atoms with E-state index >= 15 is 0 Å². The van der Waals surface area contributed by atoms with E-state index < -0.39 is 6.04 Å². The fourth-order valence-corrected chi connectivity index (χ4v) is 4.90. The Morgan fingerprint density at radius 2 is 1.81 bits per heavy atom. The highest BCUT2D eigenvalue weighted by Crippen LogP contribution is 2.37. The normalized spacial score (nSPS) is 13.2. The molecule has 1 atom stereocenters. The number of amides is 3. The highest BCUT2D eigenvalue weighted by molar-refractivity contribution is 6.30. The van der Waals surface area contributed by atoms with Gasteiger partial charge in [-0.3, -0.25) is 14.4 Å². The Hall–Kier alpha value is -3.38. The molecule has 0 bridgehead atoms. The standard InChI is InChI=1S/C29H32ClN3O3/c1-3-4-16-31-28(35)20(2)33(19-21-9-5-12-23(30)18-21)26(34)15-8-17-32-25-14-7-11-22-10-6-13-24(27(22)25)29(32)36/h5-7,9-14,18,20H,3-4,8,15-17,19H2,1-2H3,(H,31,35)/t20-/m1/s1. The first-order valence-corrected chi connectivity index (χ1v) is 12.9. The summed E-state index contributed by atoms with van der Waals surface area (Å²) in [6.07, 6.45) is 2.58.